The Kier molecular flexibility index (Phi) is 6.50. The maximum atomic E-state index is 5.80. The Labute approximate surface area is 78.6 Å². The molecule has 1 atom stereocenters. The molecule has 12 heavy (non-hydrogen) atoms. The van der Waals surface area contributed by atoms with Crippen LogP contribution in [0.2, 0.25) is 6.82 Å². The molecule has 0 heterocycles. The van der Waals surface area contributed by atoms with Crippen LogP contribution in [0.4, 0.5) is 0 Å². The highest BCUT2D eigenvalue weighted by molar-refractivity contribution is 7.37. The molecule has 0 amide bonds. The van der Waals surface area contributed by atoms with Crippen LogP contribution in [-0.2, 0) is 0 Å². The van der Waals surface area contributed by atoms with Crippen LogP contribution in [0.5, 0.6) is 0 Å². The standard InChI is InChI=1S/C8H19BN2P/c1-5-7(2)8(6-12-4)11(10)9-3/h12H,5-6,10H2,1-4H3/b8-7+. The molecule has 1 unspecified atom stereocenters. The van der Waals surface area contributed by atoms with Crippen molar-refractivity contribution in [3.05, 3.63) is 11.3 Å². The summed E-state index contributed by atoms with van der Waals surface area (Å²) >= 11 is 0. The third-order valence-electron chi connectivity index (χ3n) is 1.96. The minimum atomic E-state index is 0.930. The fourth-order valence-corrected chi connectivity index (χ4v) is 1.81. The van der Waals surface area contributed by atoms with Gasteiger partial charge in [-0.15, -0.1) is 8.58 Å². The highest BCUT2D eigenvalue weighted by Crippen LogP contribution is 2.17. The Morgan fingerprint density at radius 3 is 2.50 bits per heavy atom. The van der Waals surface area contributed by atoms with Gasteiger partial charge in [-0.2, -0.15) is 0 Å². The Morgan fingerprint density at radius 2 is 2.17 bits per heavy atom. The first kappa shape index (κ1) is 12.0. The van der Waals surface area contributed by atoms with Gasteiger partial charge in [-0.25, -0.2) is 0 Å². The summed E-state index contributed by atoms with van der Waals surface area (Å²) in [5, 5.41) is 0. The number of hydrazine groups is 1. The summed E-state index contributed by atoms with van der Waals surface area (Å²) in [6, 6.07) is 0. The quantitative estimate of drug-likeness (QED) is 0.306. The summed E-state index contributed by atoms with van der Waals surface area (Å²) < 4.78 is 0. The minimum Gasteiger partial charge on any atom is -0.365 e. The summed E-state index contributed by atoms with van der Waals surface area (Å²) in [5.74, 6) is 5.80. The first-order valence-electron chi connectivity index (χ1n) is 4.34. The molecule has 0 aromatic carbocycles. The van der Waals surface area contributed by atoms with Crippen LogP contribution in [-0.4, -0.2) is 25.2 Å². The molecule has 0 aliphatic rings. The van der Waals surface area contributed by atoms with Crippen LogP contribution >= 0.6 is 8.58 Å². The molecule has 1 radical (unpaired) electrons. The van der Waals surface area contributed by atoms with Crippen molar-refractivity contribution in [3.8, 4) is 0 Å². The number of hydrogen-bond acceptors (Lipinski definition) is 2. The summed E-state index contributed by atoms with van der Waals surface area (Å²) in [7, 11) is 2.84. The molecule has 69 valence electrons. The molecule has 0 saturated carbocycles. The Balaban J connectivity index is 4.41. The van der Waals surface area contributed by atoms with Crippen molar-refractivity contribution in [2.24, 2.45) is 5.84 Å². The lowest BCUT2D eigenvalue weighted by Gasteiger charge is -2.22. The summed E-state index contributed by atoms with van der Waals surface area (Å²) in [4.78, 5) is 1.75. The van der Waals surface area contributed by atoms with E-state index in [9.17, 15) is 0 Å². The molecule has 0 spiro atoms. The second-order valence-electron chi connectivity index (χ2n) is 2.78. The Hall–Kier alpha value is -0.00506. The van der Waals surface area contributed by atoms with Gasteiger partial charge in [0.15, 0.2) is 0 Å². The Morgan fingerprint density at radius 1 is 1.58 bits per heavy atom. The van der Waals surface area contributed by atoms with E-state index in [-0.39, 0.29) is 0 Å². The van der Waals surface area contributed by atoms with Crippen LogP contribution < -0.4 is 5.84 Å². The van der Waals surface area contributed by atoms with Gasteiger partial charge < -0.3 is 4.92 Å². The van der Waals surface area contributed by atoms with Crippen molar-refractivity contribution < 1.29 is 0 Å². The van der Waals surface area contributed by atoms with E-state index in [4.69, 9.17) is 5.84 Å². The molecule has 0 aliphatic heterocycles. The number of rotatable bonds is 5. The number of hydrogen-bond donors (Lipinski definition) is 1. The second kappa shape index (κ2) is 6.50. The second-order valence-corrected chi connectivity index (χ2v) is 3.84. The molecule has 0 fully saturated rings. The molecule has 0 aliphatic carbocycles. The van der Waals surface area contributed by atoms with Gasteiger partial charge in [0, 0.05) is 11.9 Å². The molecular weight excluding hydrogens is 166 g/mol. The number of nitrogens with zero attached hydrogens (tertiary/aromatic N) is 1. The predicted octanol–water partition coefficient (Wildman–Crippen LogP) is 1.82. The average molecular weight is 185 g/mol. The van der Waals surface area contributed by atoms with Crippen LogP contribution in [0.1, 0.15) is 20.3 Å². The third kappa shape index (κ3) is 3.60. The minimum absolute atomic E-state index is 0.930. The zero-order valence-electron chi connectivity index (χ0n) is 8.52. The maximum absolute atomic E-state index is 5.80. The van der Waals surface area contributed by atoms with Crippen molar-refractivity contribution in [1.82, 2.24) is 4.92 Å². The number of allylic oxidation sites excluding steroid dienone is 2. The lowest BCUT2D eigenvalue weighted by Crippen LogP contribution is -2.34. The molecule has 0 rings (SSSR count). The van der Waals surface area contributed by atoms with E-state index in [1.54, 1.807) is 4.92 Å². The zero-order valence-corrected chi connectivity index (χ0v) is 9.52. The van der Waals surface area contributed by atoms with Gasteiger partial charge in [-0.05, 0) is 20.0 Å². The SMILES string of the molecule is C[B]N(N)/C(CPC)=C(\C)CC. The van der Waals surface area contributed by atoms with E-state index < -0.39 is 0 Å². The highest BCUT2D eigenvalue weighted by atomic mass is 31.1. The monoisotopic (exact) mass is 185 g/mol. The van der Waals surface area contributed by atoms with Crippen molar-refractivity contribution in [2.45, 2.75) is 27.1 Å². The van der Waals surface area contributed by atoms with Crippen molar-refractivity contribution in [1.29, 1.82) is 0 Å². The molecule has 0 aromatic rings. The zero-order chi connectivity index (χ0) is 9.56. The van der Waals surface area contributed by atoms with Gasteiger partial charge in [0.1, 0.15) is 0 Å². The molecular formula is C8H19BN2P. The van der Waals surface area contributed by atoms with E-state index in [0.29, 0.717) is 0 Å². The smallest absolute Gasteiger partial charge is 0.265 e. The van der Waals surface area contributed by atoms with E-state index in [2.05, 4.69) is 20.5 Å². The molecule has 0 saturated heterocycles. The fourth-order valence-electron chi connectivity index (χ4n) is 0.990. The molecule has 2 nitrogen and oxygen atoms in total. The van der Waals surface area contributed by atoms with Crippen molar-refractivity contribution in [3.63, 3.8) is 0 Å². The maximum Gasteiger partial charge on any atom is 0.265 e. The topological polar surface area (TPSA) is 29.3 Å². The van der Waals surface area contributed by atoms with E-state index in [1.807, 2.05) is 14.2 Å². The molecule has 2 N–H and O–H groups in total. The van der Waals surface area contributed by atoms with Gasteiger partial charge in [-0.3, -0.25) is 5.84 Å². The van der Waals surface area contributed by atoms with Crippen molar-refractivity contribution in [2.75, 3.05) is 12.8 Å². The van der Waals surface area contributed by atoms with Gasteiger partial charge >= 0.3 is 0 Å². The predicted molar refractivity (Wildman–Crippen MR) is 59.7 cm³/mol. The highest BCUT2D eigenvalue weighted by Gasteiger charge is 2.05. The summed E-state index contributed by atoms with van der Waals surface area (Å²) in [5.41, 5.74) is 2.67. The molecule has 0 aromatic heterocycles. The lowest BCUT2D eigenvalue weighted by atomic mass is 9.97. The van der Waals surface area contributed by atoms with Crippen LogP contribution in [0.25, 0.3) is 0 Å². The third-order valence-corrected chi connectivity index (χ3v) is 2.65. The largest absolute Gasteiger partial charge is 0.365 e. The van der Waals surface area contributed by atoms with E-state index >= 15 is 0 Å². The van der Waals surface area contributed by atoms with Gasteiger partial charge in [0.2, 0.25) is 0 Å². The van der Waals surface area contributed by atoms with Crippen LogP contribution in [0.3, 0.4) is 0 Å². The van der Waals surface area contributed by atoms with E-state index in [1.165, 1.54) is 11.3 Å². The number of nitrogens with two attached hydrogens (primary N) is 1. The van der Waals surface area contributed by atoms with Crippen LogP contribution in [0, 0.1) is 0 Å². The summed E-state index contributed by atoms with van der Waals surface area (Å²) in [6.07, 6.45) is 2.18. The van der Waals surface area contributed by atoms with E-state index in [0.717, 1.165) is 21.2 Å². The normalized spacial score (nSPS) is 13.4. The fraction of sp³-hybridized carbons (Fsp3) is 0.750. The van der Waals surface area contributed by atoms with Gasteiger partial charge in [0.25, 0.3) is 7.41 Å². The van der Waals surface area contributed by atoms with Crippen LogP contribution in [0.15, 0.2) is 11.3 Å². The Bertz CT molecular complexity index is 159. The molecule has 0 bridgehead atoms. The molecule has 4 heteroatoms. The average Bonchev–Trinajstić information content (AvgIpc) is 2.11. The van der Waals surface area contributed by atoms with Gasteiger partial charge in [-0.1, -0.05) is 19.3 Å². The first-order valence-corrected chi connectivity index (χ1v) is 6.04. The summed E-state index contributed by atoms with van der Waals surface area (Å²) in [6.45, 7) is 8.48. The van der Waals surface area contributed by atoms with Crippen molar-refractivity contribution >= 4 is 16.0 Å². The lowest BCUT2D eigenvalue weighted by molar-refractivity contribution is 0.572. The first-order chi connectivity index (χ1) is 5.67. The van der Waals surface area contributed by atoms with Gasteiger partial charge in [0.05, 0.1) is 0 Å².